The molecule has 10 heteroatoms. The first-order valence-electron chi connectivity index (χ1n) is 9.73. The van der Waals surface area contributed by atoms with Gasteiger partial charge in [-0.2, -0.15) is 10.2 Å². The first-order valence-corrected chi connectivity index (χ1v) is 11.5. The highest BCUT2D eigenvalue weighted by atomic mass is 79.9. The summed E-state index contributed by atoms with van der Waals surface area (Å²) in [6, 6.07) is 17.7. The van der Waals surface area contributed by atoms with E-state index in [1.807, 2.05) is 79.3 Å². The molecule has 162 valence electrons. The van der Waals surface area contributed by atoms with E-state index >= 15 is 0 Å². The number of nitrogens with one attached hydrogen (secondary N) is 1. The van der Waals surface area contributed by atoms with Crippen LogP contribution in [0.15, 0.2) is 75.5 Å². The maximum absolute atomic E-state index is 12.3. The van der Waals surface area contributed by atoms with Crippen LogP contribution in [0.5, 0.6) is 0 Å². The van der Waals surface area contributed by atoms with Gasteiger partial charge in [0.2, 0.25) is 0 Å². The van der Waals surface area contributed by atoms with Crippen LogP contribution in [0, 0.1) is 6.92 Å². The fraction of sp³-hybridized carbons (Fsp3) is 0.136. The number of hydrogen-bond donors (Lipinski definition) is 1. The zero-order valence-electron chi connectivity index (χ0n) is 17.4. The normalized spacial score (nSPS) is 11.2. The molecule has 1 N–H and O–H groups in total. The number of carbonyl (C=O) groups is 1. The molecule has 0 bridgehead atoms. The highest BCUT2D eigenvalue weighted by Gasteiger charge is 2.18. The number of carbonyl (C=O) groups excluding carboxylic acids is 1. The van der Waals surface area contributed by atoms with Crippen molar-refractivity contribution in [3.63, 3.8) is 0 Å². The number of halogens is 1. The van der Waals surface area contributed by atoms with E-state index in [4.69, 9.17) is 0 Å². The number of para-hydroxylation sites is 1. The van der Waals surface area contributed by atoms with Gasteiger partial charge in [-0.05, 0) is 25.1 Å². The lowest BCUT2D eigenvalue weighted by Crippen LogP contribution is -2.20. The van der Waals surface area contributed by atoms with Gasteiger partial charge < -0.3 is 0 Å². The predicted molar refractivity (Wildman–Crippen MR) is 129 cm³/mol. The average Bonchev–Trinajstić information content (AvgIpc) is 3.35. The lowest BCUT2D eigenvalue weighted by molar-refractivity contribution is -0.118. The topological polar surface area (TPSA) is 90.0 Å². The van der Waals surface area contributed by atoms with Crippen LogP contribution < -0.4 is 5.43 Å². The standard InChI is InChI=1S/C22H20BrN7OS/c1-15-16(13-29(2)28-15)12-24-25-20(31)14-32-22-27-26-21(18-10-6-7-11-19(18)23)30(22)17-8-4-3-5-9-17/h3-13H,14H2,1-2H3,(H,25,31)/b24-12+. The Labute approximate surface area is 197 Å². The van der Waals surface area contributed by atoms with Gasteiger partial charge in [0.25, 0.3) is 5.91 Å². The molecule has 2 aromatic carbocycles. The number of rotatable bonds is 7. The summed E-state index contributed by atoms with van der Waals surface area (Å²) in [5, 5.41) is 17.6. The fourth-order valence-corrected chi connectivity index (χ4v) is 4.28. The third-order valence-electron chi connectivity index (χ3n) is 4.54. The maximum Gasteiger partial charge on any atom is 0.250 e. The number of hydrogen-bond acceptors (Lipinski definition) is 6. The molecule has 0 spiro atoms. The van der Waals surface area contributed by atoms with E-state index in [-0.39, 0.29) is 11.7 Å². The molecule has 0 aliphatic carbocycles. The molecule has 4 aromatic rings. The van der Waals surface area contributed by atoms with Crippen LogP contribution in [-0.2, 0) is 11.8 Å². The van der Waals surface area contributed by atoms with E-state index in [1.54, 1.807) is 10.9 Å². The number of aromatic nitrogens is 5. The SMILES string of the molecule is Cc1nn(C)cc1/C=N/NC(=O)CSc1nnc(-c2ccccc2Br)n1-c1ccccc1. The molecule has 0 saturated carbocycles. The summed E-state index contributed by atoms with van der Waals surface area (Å²) in [5.41, 5.74) is 6.07. The van der Waals surface area contributed by atoms with Crippen molar-refractivity contribution >= 4 is 39.8 Å². The van der Waals surface area contributed by atoms with Crippen LogP contribution in [-0.4, -0.2) is 42.4 Å². The zero-order valence-corrected chi connectivity index (χ0v) is 19.8. The van der Waals surface area contributed by atoms with Crippen molar-refractivity contribution in [1.82, 2.24) is 30.0 Å². The molecule has 0 aliphatic heterocycles. The molecule has 4 rings (SSSR count). The largest absolute Gasteiger partial charge is 0.275 e. The van der Waals surface area contributed by atoms with Gasteiger partial charge >= 0.3 is 0 Å². The molecule has 0 fully saturated rings. The number of thioether (sulfide) groups is 1. The molecule has 1 amide bonds. The summed E-state index contributed by atoms with van der Waals surface area (Å²) < 4.78 is 4.56. The molecular formula is C22H20BrN7OS. The van der Waals surface area contributed by atoms with E-state index < -0.39 is 0 Å². The lowest BCUT2D eigenvalue weighted by Gasteiger charge is -2.11. The number of aryl methyl sites for hydroxylation is 2. The summed E-state index contributed by atoms with van der Waals surface area (Å²) in [4.78, 5) is 12.3. The minimum absolute atomic E-state index is 0.143. The molecule has 32 heavy (non-hydrogen) atoms. The van der Waals surface area contributed by atoms with Crippen molar-refractivity contribution in [3.8, 4) is 17.1 Å². The Hall–Kier alpha value is -3.24. The van der Waals surface area contributed by atoms with E-state index in [2.05, 4.69) is 41.8 Å². The van der Waals surface area contributed by atoms with E-state index in [9.17, 15) is 4.79 Å². The lowest BCUT2D eigenvalue weighted by atomic mass is 10.2. The van der Waals surface area contributed by atoms with Gasteiger partial charge in [-0.25, -0.2) is 5.43 Å². The summed E-state index contributed by atoms with van der Waals surface area (Å²) in [5.74, 6) is 0.596. The Morgan fingerprint density at radius 2 is 1.91 bits per heavy atom. The maximum atomic E-state index is 12.3. The monoisotopic (exact) mass is 509 g/mol. The molecule has 2 aromatic heterocycles. The van der Waals surface area contributed by atoms with Gasteiger partial charge in [0.05, 0.1) is 17.7 Å². The quantitative estimate of drug-likeness (QED) is 0.231. The van der Waals surface area contributed by atoms with Crippen molar-refractivity contribution in [2.45, 2.75) is 12.1 Å². The van der Waals surface area contributed by atoms with Gasteiger partial charge in [0, 0.05) is 34.5 Å². The summed E-state index contributed by atoms with van der Waals surface area (Å²) >= 11 is 4.89. The third-order valence-corrected chi connectivity index (χ3v) is 6.16. The second-order valence-corrected chi connectivity index (χ2v) is 8.68. The van der Waals surface area contributed by atoms with Crippen molar-refractivity contribution in [1.29, 1.82) is 0 Å². The number of amides is 1. The summed E-state index contributed by atoms with van der Waals surface area (Å²) in [7, 11) is 1.84. The number of nitrogens with zero attached hydrogens (tertiary/aromatic N) is 6. The van der Waals surface area contributed by atoms with Gasteiger partial charge in [0.15, 0.2) is 11.0 Å². The number of hydrazone groups is 1. The molecule has 0 radical (unpaired) electrons. The average molecular weight is 510 g/mol. The molecule has 0 aliphatic rings. The van der Waals surface area contributed by atoms with Crippen LogP contribution in [0.4, 0.5) is 0 Å². The zero-order chi connectivity index (χ0) is 22.5. The fourth-order valence-electron chi connectivity index (χ4n) is 3.07. The van der Waals surface area contributed by atoms with Crippen molar-refractivity contribution < 1.29 is 4.79 Å². The van der Waals surface area contributed by atoms with E-state index in [0.717, 1.165) is 27.0 Å². The summed E-state index contributed by atoms with van der Waals surface area (Å²) in [6.07, 6.45) is 3.42. The molecule has 0 saturated heterocycles. The first kappa shape index (κ1) is 22.0. The van der Waals surface area contributed by atoms with E-state index in [1.165, 1.54) is 11.8 Å². The highest BCUT2D eigenvalue weighted by Crippen LogP contribution is 2.31. The van der Waals surface area contributed by atoms with Gasteiger partial charge in [-0.3, -0.25) is 14.0 Å². The van der Waals surface area contributed by atoms with Crippen LogP contribution in [0.1, 0.15) is 11.3 Å². The van der Waals surface area contributed by atoms with Gasteiger partial charge in [-0.1, -0.05) is 64.1 Å². The summed E-state index contributed by atoms with van der Waals surface area (Å²) in [6.45, 7) is 1.89. The Morgan fingerprint density at radius 3 is 2.62 bits per heavy atom. The van der Waals surface area contributed by atoms with Crippen LogP contribution in [0.2, 0.25) is 0 Å². The van der Waals surface area contributed by atoms with Crippen molar-refractivity contribution in [3.05, 3.63) is 76.5 Å². The number of benzene rings is 2. The molecule has 0 unspecified atom stereocenters. The second-order valence-electron chi connectivity index (χ2n) is 6.88. The minimum Gasteiger partial charge on any atom is -0.275 e. The Kier molecular flexibility index (Phi) is 6.81. The first-order chi connectivity index (χ1) is 15.5. The van der Waals surface area contributed by atoms with Crippen LogP contribution in [0.25, 0.3) is 17.1 Å². The molecular weight excluding hydrogens is 490 g/mol. The van der Waals surface area contributed by atoms with Crippen LogP contribution in [0.3, 0.4) is 0 Å². The Bertz CT molecular complexity index is 1270. The Balaban J connectivity index is 1.52. The molecule has 8 nitrogen and oxygen atoms in total. The van der Waals surface area contributed by atoms with Crippen LogP contribution >= 0.6 is 27.7 Å². The smallest absolute Gasteiger partial charge is 0.250 e. The minimum atomic E-state index is -0.238. The van der Waals surface area contributed by atoms with Gasteiger partial charge in [-0.15, -0.1) is 10.2 Å². The van der Waals surface area contributed by atoms with Crippen molar-refractivity contribution in [2.24, 2.45) is 12.1 Å². The Morgan fingerprint density at radius 1 is 1.16 bits per heavy atom. The molecule has 0 atom stereocenters. The second kappa shape index (κ2) is 9.92. The third kappa shape index (κ3) is 4.97. The van der Waals surface area contributed by atoms with E-state index in [0.29, 0.717) is 11.0 Å². The van der Waals surface area contributed by atoms with Crippen molar-refractivity contribution in [2.75, 3.05) is 5.75 Å². The predicted octanol–water partition coefficient (Wildman–Crippen LogP) is 3.98. The molecule has 2 heterocycles. The highest BCUT2D eigenvalue weighted by molar-refractivity contribution is 9.10. The van der Waals surface area contributed by atoms with Gasteiger partial charge in [0.1, 0.15) is 0 Å².